The van der Waals surface area contributed by atoms with Crippen LogP contribution >= 0.6 is 0 Å². The zero-order chi connectivity index (χ0) is 15.4. The summed E-state index contributed by atoms with van der Waals surface area (Å²) < 4.78 is 15.0. The van der Waals surface area contributed by atoms with Crippen LogP contribution < -0.4 is 0 Å². The summed E-state index contributed by atoms with van der Waals surface area (Å²) >= 11 is 0. The zero-order valence-electron chi connectivity index (χ0n) is 12.0. The Morgan fingerprint density at radius 1 is 1.43 bits per heavy atom. The fraction of sp³-hybridized carbons (Fsp3) is 0.429. The third kappa shape index (κ3) is 3.62. The molecule has 7 heteroatoms. The van der Waals surface area contributed by atoms with E-state index in [4.69, 9.17) is 5.11 Å². The molecule has 0 amide bonds. The molecule has 0 fully saturated rings. The summed E-state index contributed by atoms with van der Waals surface area (Å²) in [6, 6.07) is 4.19. The maximum absolute atomic E-state index is 13.5. The molecule has 0 saturated heterocycles. The molecule has 0 saturated carbocycles. The van der Waals surface area contributed by atoms with Gasteiger partial charge in [0.25, 0.3) is 0 Å². The summed E-state index contributed by atoms with van der Waals surface area (Å²) in [5.74, 6) is -0.896. The van der Waals surface area contributed by atoms with Crippen molar-refractivity contribution in [2.24, 2.45) is 0 Å². The van der Waals surface area contributed by atoms with Crippen molar-refractivity contribution < 1.29 is 14.3 Å². The summed E-state index contributed by atoms with van der Waals surface area (Å²) in [5, 5.41) is 20.4. The molecule has 0 spiro atoms. The van der Waals surface area contributed by atoms with Gasteiger partial charge in [-0.1, -0.05) is 13.3 Å². The Balaban J connectivity index is 2.42. The summed E-state index contributed by atoms with van der Waals surface area (Å²) in [7, 11) is 0. The second-order valence-electron chi connectivity index (χ2n) is 5.00. The van der Waals surface area contributed by atoms with E-state index in [0.717, 1.165) is 12.0 Å². The number of benzene rings is 1. The van der Waals surface area contributed by atoms with E-state index in [-0.39, 0.29) is 18.3 Å². The van der Waals surface area contributed by atoms with E-state index in [1.54, 1.807) is 13.0 Å². The molecule has 1 N–H and O–H groups in total. The minimum absolute atomic E-state index is 0.0693. The number of hydrogen-bond acceptors (Lipinski definition) is 4. The first-order valence-corrected chi connectivity index (χ1v) is 6.78. The third-order valence-corrected chi connectivity index (χ3v) is 3.17. The maximum atomic E-state index is 13.5. The number of aliphatic carboxylic acids is 1. The van der Waals surface area contributed by atoms with Crippen molar-refractivity contribution in [2.75, 3.05) is 0 Å². The topological polar surface area (TPSA) is 80.9 Å². The van der Waals surface area contributed by atoms with E-state index in [1.807, 2.05) is 6.92 Å². The summed E-state index contributed by atoms with van der Waals surface area (Å²) in [6.45, 7) is 3.74. The number of rotatable bonds is 6. The van der Waals surface area contributed by atoms with E-state index >= 15 is 0 Å². The average Bonchev–Trinajstić information content (AvgIpc) is 2.85. The second-order valence-corrected chi connectivity index (χ2v) is 5.00. The molecule has 0 aliphatic carbocycles. The van der Waals surface area contributed by atoms with Crippen molar-refractivity contribution in [1.82, 2.24) is 20.2 Å². The molecule has 0 aliphatic rings. The van der Waals surface area contributed by atoms with Crippen LogP contribution in [0.2, 0.25) is 0 Å². The number of nitrogens with zero attached hydrogens (tertiary/aromatic N) is 4. The minimum Gasteiger partial charge on any atom is -0.481 e. The lowest BCUT2D eigenvalue weighted by atomic mass is 10.1. The van der Waals surface area contributed by atoms with Gasteiger partial charge in [-0.3, -0.25) is 4.79 Å². The summed E-state index contributed by atoms with van der Waals surface area (Å²) in [6.07, 6.45) is 1.37. The Labute approximate surface area is 121 Å². The lowest BCUT2D eigenvalue weighted by molar-refractivity contribution is -0.138. The van der Waals surface area contributed by atoms with E-state index in [1.165, 1.54) is 16.8 Å². The SMILES string of the molecule is CCCC(CC(=O)O)n1nnnc1-c1cc(C)cc(F)c1. The van der Waals surface area contributed by atoms with Gasteiger partial charge in [-0.15, -0.1) is 5.10 Å². The van der Waals surface area contributed by atoms with Crippen LogP contribution in [-0.2, 0) is 4.79 Å². The molecule has 0 radical (unpaired) electrons. The molecule has 21 heavy (non-hydrogen) atoms. The predicted octanol–water partition coefficient (Wildman–Crippen LogP) is 2.60. The number of aryl methyl sites for hydroxylation is 1. The van der Waals surface area contributed by atoms with Crippen molar-refractivity contribution in [3.8, 4) is 11.4 Å². The molecule has 1 aromatic heterocycles. The number of carboxylic acid groups (broad SMARTS) is 1. The highest BCUT2D eigenvalue weighted by atomic mass is 19.1. The van der Waals surface area contributed by atoms with Crippen LogP contribution in [0, 0.1) is 12.7 Å². The van der Waals surface area contributed by atoms with Gasteiger partial charge < -0.3 is 5.11 Å². The Morgan fingerprint density at radius 3 is 2.81 bits per heavy atom. The molecule has 1 atom stereocenters. The monoisotopic (exact) mass is 292 g/mol. The molecule has 112 valence electrons. The van der Waals surface area contributed by atoms with Crippen molar-refractivity contribution >= 4 is 5.97 Å². The van der Waals surface area contributed by atoms with Gasteiger partial charge in [0.05, 0.1) is 12.5 Å². The molecule has 2 aromatic rings. The van der Waals surface area contributed by atoms with Gasteiger partial charge in [0, 0.05) is 5.56 Å². The fourth-order valence-corrected chi connectivity index (χ4v) is 2.34. The Hall–Kier alpha value is -2.31. The van der Waals surface area contributed by atoms with E-state index < -0.39 is 5.97 Å². The Kier molecular flexibility index (Phi) is 4.62. The van der Waals surface area contributed by atoms with Gasteiger partial charge in [0.2, 0.25) is 0 Å². The molecule has 2 rings (SSSR count). The first-order chi connectivity index (χ1) is 10.0. The molecule has 1 heterocycles. The van der Waals surface area contributed by atoms with Crippen LogP contribution in [0.3, 0.4) is 0 Å². The Morgan fingerprint density at radius 2 is 2.19 bits per heavy atom. The standard InChI is InChI=1S/C14H17FN4O2/c1-3-4-12(8-13(20)21)19-14(16-17-18-19)10-5-9(2)6-11(15)7-10/h5-7,12H,3-4,8H2,1-2H3,(H,20,21). The molecule has 6 nitrogen and oxygen atoms in total. The fourth-order valence-electron chi connectivity index (χ4n) is 2.34. The number of carboxylic acids is 1. The normalized spacial score (nSPS) is 12.3. The van der Waals surface area contributed by atoms with Crippen LogP contribution in [-0.4, -0.2) is 31.3 Å². The number of halogens is 1. The number of tetrazole rings is 1. The van der Waals surface area contributed by atoms with Gasteiger partial charge in [0.1, 0.15) is 5.82 Å². The average molecular weight is 292 g/mol. The van der Waals surface area contributed by atoms with Crippen LogP contribution in [0.25, 0.3) is 11.4 Å². The first kappa shape index (κ1) is 15.1. The number of aromatic nitrogens is 4. The highest BCUT2D eigenvalue weighted by Crippen LogP contribution is 2.25. The van der Waals surface area contributed by atoms with E-state index in [0.29, 0.717) is 17.8 Å². The van der Waals surface area contributed by atoms with Crippen LogP contribution in [0.5, 0.6) is 0 Å². The molecular weight excluding hydrogens is 275 g/mol. The second kappa shape index (κ2) is 6.43. The van der Waals surface area contributed by atoms with Crippen molar-refractivity contribution in [2.45, 2.75) is 39.2 Å². The first-order valence-electron chi connectivity index (χ1n) is 6.78. The minimum atomic E-state index is -0.912. The maximum Gasteiger partial charge on any atom is 0.305 e. The van der Waals surface area contributed by atoms with Gasteiger partial charge in [-0.25, -0.2) is 9.07 Å². The number of hydrogen-bond donors (Lipinski definition) is 1. The molecular formula is C14H17FN4O2. The molecule has 1 unspecified atom stereocenters. The highest BCUT2D eigenvalue weighted by molar-refractivity contribution is 5.67. The van der Waals surface area contributed by atoms with Gasteiger partial charge >= 0.3 is 5.97 Å². The lowest BCUT2D eigenvalue weighted by Crippen LogP contribution is -2.16. The summed E-state index contributed by atoms with van der Waals surface area (Å²) in [5.41, 5.74) is 1.30. The van der Waals surface area contributed by atoms with Crippen molar-refractivity contribution in [3.05, 3.63) is 29.6 Å². The molecule has 0 aliphatic heterocycles. The van der Waals surface area contributed by atoms with Crippen molar-refractivity contribution in [1.29, 1.82) is 0 Å². The van der Waals surface area contributed by atoms with Crippen molar-refractivity contribution in [3.63, 3.8) is 0 Å². The van der Waals surface area contributed by atoms with Gasteiger partial charge in [-0.05, 0) is 47.5 Å². The largest absolute Gasteiger partial charge is 0.481 e. The number of carbonyl (C=O) groups is 1. The zero-order valence-corrected chi connectivity index (χ0v) is 12.0. The summed E-state index contributed by atoms with van der Waals surface area (Å²) in [4.78, 5) is 11.0. The van der Waals surface area contributed by atoms with E-state index in [2.05, 4.69) is 15.5 Å². The molecule has 1 aromatic carbocycles. The van der Waals surface area contributed by atoms with Crippen LogP contribution in [0.4, 0.5) is 4.39 Å². The predicted molar refractivity (Wildman–Crippen MR) is 74.1 cm³/mol. The van der Waals surface area contributed by atoms with Crippen LogP contribution in [0.15, 0.2) is 18.2 Å². The Bertz CT molecular complexity index is 621. The van der Waals surface area contributed by atoms with Crippen LogP contribution in [0.1, 0.15) is 37.8 Å². The van der Waals surface area contributed by atoms with E-state index in [9.17, 15) is 9.18 Å². The molecule has 0 bridgehead atoms. The van der Waals surface area contributed by atoms with Gasteiger partial charge in [-0.2, -0.15) is 0 Å². The smallest absolute Gasteiger partial charge is 0.305 e. The lowest BCUT2D eigenvalue weighted by Gasteiger charge is -2.15. The highest BCUT2D eigenvalue weighted by Gasteiger charge is 2.21. The third-order valence-electron chi connectivity index (χ3n) is 3.17. The quantitative estimate of drug-likeness (QED) is 0.885. The van der Waals surface area contributed by atoms with Gasteiger partial charge in [0.15, 0.2) is 5.82 Å².